The lowest BCUT2D eigenvalue weighted by atomic mass is 9.97. The summed E-state index contributed by atoms with van der Waals surface area (Å²) < 4.78 is 22.4. The quantitative estimate of drug-likeness (QED) is 0.685. The Labute approximate surface area is 85.4 Å². The Kier molecular flexibility index (Phi) is 2.57. The number of hydrogen-bond acceptors (Lipinski definition) is 4. The zero-order valence-electron chi connectivity index (χ0n) is 8.41. The highest BCUT2D eigenvalue weighted by Gasteiger charge is 2.51. The standard InChI is InChI=1S/C9H18N2O2S/c10-6-9(7-14(12,13)8-9)11-4-2-1-3-5-11/h1-8,10H2. The van der Waals surface area contributed by atoms with Gasteiger partial charge in [-0.3, -0.25) is 4.90 Å². The first-order chi connectivity index (χ1) is 6.58. The minimum Gasteiger partial charge on any atom is -0.329 e. The number of hydrogen-bond donors (Lipinski definition) is 1. The van der Waals surface area contributed by atoms with Crippen LogP contribution in [-0.2, 0) is 9.84 Å². The lowest BCUT2D eigenvalue weighted by molar-refractivity contribution is 0.0950. The van der Waals surface area contributed by atoms with Gasteiger partial charge in [0, 0.05) is 6.54 Å². The summed E-state index contributed by atoms with van der Waals surface area (Å²) in [4.78, 5) is 2.29. The topological polar surface area (TPSA) is 63.4 Å². The largest absolute Gasteiger partial charge is 0.329 e. The van der Waals surface area contributed by atoms with Gasteiger partial charge in [-0.15, -0.1) is 0 Å². The number of nitrogens with two attached hydrogens (primary N) is 1. The third-order valence-corrected chi connectivity index (χ3v) is 5.34. The Morgan fingerprint density at radius 2 is 1.71 bits per heavy atom. The highest BCUT2D eigenvalue weighted by molar-refractivity contribution is 7.93. The SMILES string of the molecule is NCC1(N2CCCCC2)CS(=O)(=O)C1. The fourth-order valence-corrected chi connectivity index (χ4v) is 4.73. The van der Waals surface area contributed by atoms with Crippen molar-refractivity contribution in [3.8, 4) is 0 Å². The molecule has 2 rings (SSSR count). The van der Waals surface area contributed by atoms with E-state index in [1.165, 1.54) is 19.3 Å². The van der Waals surface area contributed by atoms with Crippen LogP contribution in [0.3, 0.4) is 0 Å². The number of rotatable bonds is 2. The van der Waals surface area contributed by atoms with E-state index in [1.807, 2.05) is 0 Å². The Bertz CT molecular complexity index is 295. The monoisotopic (exact) mass is 218 g/mol. The van der Waals surface area contributed by atoms with E-state index in [4.69, 9.17) is 5.73 Å². The zero-order valence-corrected chi connectivity index (χ0v) is 9.22. The molecule has 4 nitrogen and oxygen atoms in total. The van der Waals surface area contributed by atoms with Gasteiger partial charge < -0.3 is 5.73 Å². The molecule has 0 unspecified atom stereocenters. The van der Waals surface area contributed by atoms with Crippen LogP contribution in [0.4, 0.5) is 0 Å². The summed E-state index contributed by atoms with van der Waals surface area (Å²) in [5.41, 5.74) is 5.51. The summed E-state index contributed by atoms with van der Waals surface area (Å²) in [6.45, 7) is 2.52. The van der Waals surface area contributed by atoms with Gasteiger partial charge in [0.25, 0.3) is 0 Å². The molecule has 0 aromatic heterocycles. The Balaban J connectivity index is 2.06. The highest BCUT2D eigenvalue weighted by atomic mass is 32.2. The molecule has 0 aromatic carbocycles. The van der Waals surface area contributed by atoms with E-state index in [9.17, 15) is 8.42 Å². The Morgan fingerprint density at radius 3 is 2.14 bits per heavy atom. The molecular formula is C9H18N2O2S. The summed E-state index contributed by atoms with van der Waals surface area (Å²) in [6.07, 6.45) is 3.63. The molecule has 0 radical (unpaired) electrons. The summed E-state index contributed by atoms with van der Waals surface area (Å²) >= 11 is 0. The average molecular weight is 218 g/mol. The summed E-state index contributed by atoms with van der Waals surface area (Å²) in [7, 11) is -2.77. The molecule has 82 valence electrons. The van der Waals surface area contributed by atoms with Crippen LogP contribution >= 0.6 is 0 Å². The third kappa shape index (κ3) is 1.68. The average Bonchev–Trinajstić information content (AvgIpc) is 2.15. The zero-order chi connectivity index (χ0) is 10.2. The molecule has 0 amide bonds. The van der Waals surface area contributed by atoms with Gasteiger partial charge in [0.1, 0.15) is 0 Å². The summed E-state index contributed by atoms with van der Waals surface area (Å²) in [5, 5.41) is 0. The minimum atomic E-state index is -2.77. The van der Waals surface area contributed by atoms with Gasteiger partial charge in [0.05, 0.1) is 17.0 Å². The van der Waals surface area contributed by atoms with Crippen LogP contribution in [0.1, 0.15) is 19.3 Å². The maximum absolute atomic E-state index is 11.2. The first-order valence-corrected chi connectivity index (χ1v) is 7.06. The molecule has 2 aliphatic rings. The van der Waals surface area contributed by atoms with Crippen molar-refractivity contribution < 1.29 is 8.42 Å². The lowest BCUT2D eigenvalue weighted by Crippen LogP contribution is -2.69. The highest BCUT2D eigenvalue weighted by Crippen LogP contribution is 2.31. The van der Waals surface area contributed by atoms with Gasteiger partial charge in [-0.05, 0) is 25.9 Å². The molecule has 0 aliphatic carbocycles. The van der Waals surface area contributed by atoms with Crippen LogP contribution in [0.15, 0.2) is 0 Å². The smallest absolute Gasteiger partial charge is 0.154 e. The van der Waals surface area contributed by atoms with Crippen molar-refractivity contribution in [3.63, 3.8) is 0 Å². The first-order valence-electron chi connectivity index (χ1n) is 5.24. The number of likely N-dealkylation sites (tertiary alicyclic amines) is 1. The molecule has 2 fully saturated rings. The second kappa shape index (κ2) is 3.47. The van der Waals surface area contributed by atoms with E-state index < -0.39 is 9.84 Å². The van der Waals surface area contributed by atoms with E-state index in [-0.39, 0.29) is 17.0 Å². The van der Waals surface area contributed by atoms with Crippen LogP contribution in [-0.4, -0.2) is 50.0 Å². The van der Waals surface area contributed by atoms with Crippen LogP contribution < -0.4 is 5.73 Å². The van der Waals surface area contributed by atoms with Gasteiger partial charge in [-0.2, -0.15) is 0 Å². The fourth-order valence-electron chi connectivity index (χ4n) is 2.57. The van der Waals surface area contributed by atoms with E-state index in [0.29, 0.717) is 6.54 Å². The molecular weight excluding hydrogens is 200 g/mol. The van der Waals surface area contributed by atoms with Crippen molar-refractivity contribution >= 4 is 9.84 Å². The predicted molar refractivity (Wildman–Crippen MR) is 55.9 cm³/mol. The van der Waals surface area contributed by atoms with Gasteiger partial charge in [0.15, 0.2) is 9.84 Å². The van der Waals surface area contributed by atoms with Crippen LogP contribution in [0.5, 0.6) is 0 Å². The third-order valence-electron chi connectivity index (χ3n) is 3.38. The Hall–Kier alpha value is -0.130. The maximum Gasteiger partial charge on any atom is 0.154 e. The predicted octanol–water partition coefficient (Wildman–Crippen LogP) is -0.402. The number of piperidine rings is 1. The fraction of sp³-hybridized carbons (Fsp3) is 1.00. The molecule has 2 saturated heterocycles. The maximum atomic E-state index is 11.2. The Morgan fingerprint density at radius 1 is 1.14 bits per heavy atom. The van der Waals surface area contributed by atoms with Crippen molar-refractivity contribution in [2.75, 3.05) is 31.1 Å². The molecule has 0 bridgehead atoms. The van der Waals surface area contributed by atoms with Gasteiger partial charge >= 0.3 is 0 Å². The van der Waals surface area contributed by atoms with Gasteiger partial charge in [-0.25, -0.2) is 8.42 Å². The molecule has 0 atom stereocenters. The normalized spacial score (nSPS) is 30.9. The van der Waals surface area contributed by atoms with E-state index >= 15 is 0 Å². The van der Waals surface area contributed by atoms with Crippen molar-refractivity contribution in [3.05, 3.63) is 0 Å². The molecule has 2 N–H and O–H groups in total. The summed E-state index contributed by atoms with van der Waals surface area (Å²) in [6, 6.07) is 0. The molecule has 5 heteroatoms. The van der Waals surface area contributed by atoms with Crippen molar-refractivity contribution in [2.45, 2.75) is 24.8 Å². The molecule has 2 aliphatic heterocycles. The van der Waals surface area contributed by atoms with Crippen molar-refractivity contribution in [2.24, 2.45) is 5.73 Å². The van der Waals surface area contributed by atoms with Gasteiger partial charge in [-0.1, -0.05) is 6.42 Å². The lowest BCUT2D eigenvalue weighted by Gasteiger charge is -2.50. The number of sulfone groups is 1. The minimum absolute atomic E-state index is 0.209. The second-order valence-electron chi connectivity index (χ2n) is 4.51. The molecule has 2 heterocycles. The van der Waals surface area contributed by atoms with Crippen LogP contribution in [0.25, 0.3) is 0 Å². The van der Waals surface area contributed by atoms with E-state index in [1.54, 1.807) is 0 Å². The van der Waals surface area contributed by atoms with E-state index in [0.717, 1.165) is 13.1 Å². The second-order valence-corrected chi connectivity index (χ2v) is 6.57. The molecule has 0 saturated carbocycles. The van der Waals surface area contributed by atoms with E-state index in [2.05, 4.69) is 4.90 Å². The molecule has 14 heavy (non-hydrogen) atoms. The van der Waals surface area contributed by atoms with Gasteiger partial charge in [0.2, 0.25) is 0 Å². The number of nitrogens with zero attached hydrogens (tertiary/aromatic N) is 1. The van der Waals surface area contributed by atoms with Crippen LogP contribution in [0.2, 0.25) is 0 Å². The van der Waals surface area contributed by atoms with Crippen LogP contribution in [0, 0.1) is 0 Å². The van der Waals surface area contributed by atoms with Crippen molar-refractivity contribution in [1.82, 2.24) is 4.90 Å². The molecule has 0 spiro atoms. The molecule has 0 aromatic rings. The first kappa shape index (κ1) is 10.4. The van der Waals surface area contributed by atoms with Crippen molar-refractivity contribution in [1.29, 1.82) is 0 Å². The summed E-state index contributed by atoms with van der Waals surface area (Å²) in [5.74, 6) is 0.549.